The van der Waals surface area contributed by atoms with E-state index in [1.807, 2.05) is 52.0 Å². The molecule has 1 aliphatic carbocycles. The quantitative estimate of drug-likeness (QED) is 0.899. The van der Waals surface area contributed by atoms with Gasteiger partial charge in [-0.2, -0.15) is 0 Å². The van der Waals surface area contributed by atoms with Crippen LogP contribution in [-0.4, -0.2) is 26.0 Å². The fraction of sp³-hybridized carbons (Fsp3) is 0.500. The molecular formula is C18H25NO3S. The predicted octanol–water partition coefficient (Wildman–Crippen LogP) is 3.04. The Kier molecular flexibility index (Phi) is 4.57. The van der Waals surface area contributed by atoms with Gasteiger partial charge in [0, 0.05) is 17.4 Å². The van der Waals surface area contributed by atoms with Crippen LogP contribution in [0.25, 0.3) is 5.57 Å². The maximum absolute atomic E-state index is 11.6. The van der Waals surface area contributed by atoms with Crippen molar-refractivity contribution in [3.63, 3.8) is 0 Å². The summed E-state index contributed by atoms with van der Waals surface area (Å²) in [6, 6.07) is 8.06. The van der Waals surface area contributed by atoms with Gasteiger partial charge in [0.15, 0.2) is 5.78 Å². The van der Waals surface area contributed by atoms with E-state index in [1.54, 1.807) is 6.08 Å². The average molecular weight is 335 g/mol. The highest BCUT2D eigenvalue weighted by Crippen LogP contribution is 2.36. The van der Waals surface area contributed by atoms with Gasteiger partial charge in [-0.1, -0.05) is 38.1 Å². The van der Waals surface area contributed by atoms with Gasteiger partial charge in [0.25, 0.3) is 0 Å². The molecule has 5 heteroatoms. The zero-order chi connectivity index (χ0) is 17.5. The summed E-state index contributed by atoms with van der Waals surface area (Å²) in [5.41, 5.74) is 2.16. The molecule has 0 saturated heterocycles. The fourth-order valence-electron chi connectivity index (χ4n) is 2.88. The molecular weight excluding hydrogens is 310 g/mol. The molecule has 0 aromatic heterocycles. The molecule has 23 heavy (non-hydrogen) atoms. The molecule has 1 aromatic rings. The van der Waals surface area contributed by atoms with Crippen LogP contribution in [-0.2, 0) is 20.2 Å². The molecule has 0 saturated carbocycles. The first-order valence-electron chi connectivity index (χ1n) is 7.76. The number of hydrogen-bond donors (Lipinski definition) is 1. The molecule has 1 aliphatic rings. The summed E-state index contributed by atoms with van der Waals surface area (Å²) < 4.78 is 26.0. The molecule has 1 N–H and O–H groups in total. The number of allylic oxidation sites excluding steroid dienone is 2. The molecule has 0 aliphatic heterocycles. The highest BCUT2D eigenvalue weighted by Gasteiger charge is 2.40. The minimum Gasteiger partial charge on any atom is -0.295 e. The van der Waals surface area contributed by atoms with Crippen molar-refractivity contribution in [3.8, 4) is 0 Å². The van der Waals surface area contributed by atoms with Gasteiger partial charge >= 0.3 is 0 Å². The van der Waals surface area contributed by atoms with Gasteiger partial charge in [0.05, 0.1) is 6.26 Å². The monoisotopic (exact) mass is 335 g/mol. The zero-order valence-electron chi connectivity index (χ0n) is 14.4. The first kappa shape index (κ1) is 17.9. The molecule has 1 aromatic carbocycles. The first-order valence-corrected chi connectivity index (χ1v) is 9.65. The van der Waals surface area contributed by atoms with E-state index in [4.69, 9.17) is 0 Å². The minimum atomic E-state index is -3.30. The lowest BCUT2D eigenvalue weighted by Gasteiger charge is -2.42. The van der Waals surface area contributed by atoms with Crippen molar-refractivity contribution in [3.05, 3.63) is 41.5 Å². The second kappa shape index (κ2) is 5.87. The largest absolute Gasteiger partial charge is 0.295 e. The number of rotatable bonds is 5. The Hall–Kier alpha value is -1.46. The smallest absolute Gasteiger partial charge is 0.209 e. The van der Waals surface area contributed by atoms with Gasteiger partial charge in [-0.15, -0.1) is 0 Å². The summed E-state index contributed by atoms with van der Waals surface area (Å²) in [5.74, 6) is 0.183. The lowest BCUT2D eigenvalue weighted by molar-refractivity contribution is -0.114. The van der Waals surface area contributed by atoms with Crippen LogP contribution in [0.15, 0.2) is 30.3 Å². The Morgan fingerprint density at radius 3 is 2.00 bits per heavy atom. The summed E-state index contributed by atoms with van der Waals surface area (Å²) in [7, 11) is -3.30. The second-order valence-electron chi connectivity index (χ2n) is 7.34. The summed E-state index contributed by atoms with van der Waals surface area (Å²) in [6.45, 7) is 7.83. The van der Waals surface area contributed by atoms with Gasteiger partial charge < -0.3 is 0 Å². The molecule has 2 rings (SSSR count). The van der Waals surface area contributed by atoms with E-state index >= 15 is 0 Å². The van der Waals surface area contributed by atoms with E-state index in [-0.39, 0.29) is 5.78 Å². The van der Waals surface area contributed by atoms with Gasteiger partial charge in [0.2, 0.25) is 10.0 Å². The Labute approximate surface area is 139 Å². The Morgan fingerprint density at radius 2 is 1.57 bits per heavy atom. The van der Waals surface area contributed by atoms with Crippen LogP contribution in [0.1, 0.15) is 51.7 Å². The summed E-state index contributed by atoms with van der Waals surface area (Å²) in [4.78, 5) is 11.4. The first-order chi connectivity index (χ1) is 10.4. The molecule has 0 spiro atoms. The number of carbonyl (C=O) groups is 1. The Balaban J connectivity index is 2.30. The summed E-state index contributed by atoms with van der Waals surface area (Å²) in [6.07, 6.45) is 4.28. The lowest BCUT2D eigenvalue weighted by Crippen LogP contribution is -2.55. The minimum absolute atomic E-state index is 0.183. The maximum Gasteiger partial charge on any atom is 0.209 e. The molecule has 4 nitrogen and oxygen atoms in total. The van der Waals surface area contributed by atoms with Crippen LogP contribution in [0, 0.1) is 0 Å². The number of ketones is 1. The number of hydrogen-bond acceptors (Lipinski definition) is 3. The topological polar surface area (TPSA) is 63.2 Å². The van der Waals surface area contributed by atoms with Crippen LogP contribution in [0.2, 0.25) is 0 Å². The molecule has 0 unspecified atom stereocenters. The molecule has 0 radical (unpaired) electrons. The third-order valence-electron chi connectivity index (χ3n) is 4.96. The van der Waals surface area contributed by atoms with Gasteiger partial charge in [0.1, 0.15) is 0 Å². The maximum atomic E-state index is 11.6. The number of benzene rings is 1. The van der Waals surface area contributed by atoms with Crippen molar-refractivity contribution in [2.45, 2.75) is 51.5 Å². The molecule has 0 bridgehead atoms. The zero-order valence-corrected chi connectivity index (χ0v) is 15.3. The molecule has 0 heterocycles. The summed E-state index contributed by atoms with van der Waals surface area (Å²) >= 11 is 0. The van der Waals surface area contributed by atoms with Crippen molar-refractivity contribution < 1.29 is 13.2 Å². The van der Waals surface area contributed by atoms with Crippen LogP contribution >= 0.6 is 0 Å². The van der Waals surface area contributed by atoms with Crippen LogP contribution in [0.4, 0.5) is 0 Å². The SMILES string of the molecule is CC(C)(NS(C)(=O)=O)C(C)(C)c1ccc(C2=CC(=O)CC2)cc1. The van der Waals surface area contributed by atoms with E-state index < -0.39 is 21.0 Å². The summed E-state index contributed by atoms with van der Waals surface area (Å²) in [5, 5.41) is 0. The van der Waals surface area contributed by atoms with E-state index in [0.29, 0.717) is 6.42 Å². The number of sulfonamides is 1. The van der Waals surface area contributed by atoms with Gasteiger partial charge in [-0.05, 0) is 43.0 Å². The van der Waals surface area contributed by atoms with Crippen LogP contribution in [0.5, 0.6) is 0 Å². The third-order valence-corrected chi connectivity index (χ3v) is 5.84. The van der Waals surface area contributed by atoms with E-state index in [2.05, 4.69) is 4.72 Å². The van der Waals surface area contributed by atoms with E-state index in [9.17, 15) is 13.2 Å². The van der Waals surface area contributed by atoms with Crippen LogP contribution in [0.3, 0.4) is 0 Å². The number of carbonyl (C=O) groups excluding carboxylic acids is 1. The van der Waals surface area contributed by atoms with Crippen molar-refractivity contribution in [1.82, 2.24) is 4.72 Å². The lowest BCUT2D eigenvalue weighted by atomic mass is 9.70. The van der Waals surface area contributed by atoms with Gasteiger partial charge in [-0.3, -0.25) is 4.79 Å². The predicted molar refractivity (Wildman–Crippen MR) is 93.7 cm³/mol. The molecule has 0 atom stereocenters. The second-order valence-corrected chi connectivity index (χ2v) is 9.09. The van der Waals surface area contributed by atoms with E-state index in [1.165, 1.54) is 6.26 Å². The van der Waals surface area contributed by atoms with Crippen molar-refractivity contribution in [1.29, 1.82) is 0 Å². The number of nitrogens with one attached hydrogen (secondary N) is 1. The molecule has 0 fully saturated rings. The molecule has 126 valence electrons. The third kappa shape index (κ3) is 3.90. The Bertz CT molecular complexity index is 741. The van der Waals surface area contributed by atoms with Crippen molar-refractivity contribution in [2.24, 2.45) is 0 Å². The highest BCUT2D eigenvalue weighted by atomic mass is 32.2. The standard InChI is InChI=1S/C18H25NO3S/c1-17(2,18(3,4)19-23(5,21)22)15-9-6-13(7-10-15)14-8-11-16(20)12-14/h6-7,9-10,12,19H,8,11H2,1-5H3. The van der Waals surface area contributed by atoms with Crippen molar-refractivity contribution in [2.75, 3.05) is 6.26 Å². The average Bonchev–Trinajstić information content (AvgIpc) is 2.82. The van der Waals surface area contributed by atoms with Gasteiger partial charge in [-0.25, -0.2) is 13.1 Å². The highest BCUT2D eigenvalue weighted by molar-refractivity contribution is 7.88. The fourth-order valence-corrected chi connectivity index (χ4v) is 4.06. The van der Waals surface area contributed by atoms with E-state index in [0.717, 1.165) is 23.1 Å². The van der Waals surface area contributed by atoms with Crippen molar-refractivity contribution >= 4 is 21.4 Å². The normalized spacial score (nSPS) is 16.6. The van der Waals surface area contributed by atoms with Crippen LogP contribution < -0.4 is 4.72 Å². The Morgan fingerprint density at radius 1 is 1.00 bits per heavy atom. The molecule has 0 amide bonds.